The monoisotopic (exact) mass is 326 g/mol. The van der Waals surface area contributed by atoms with Crippen LogP contribution in [0.15, 0.2) is 12.1 Å². The summed E-state index contributed by atoms with van der Waals surface area (Å²) >= 11 is 0. The highest BCUT2D eigenvalue weighted by atomic mass is 19.2. The molecule has 1 aromatic rings. The molecule has 3 saturated carbocycles. The quantitative estimate of drug-likeness (QED) is 0.799. The molecular weight excluding hydrogens is 305 g/mol. The van der Waals surface area contributed by atoms with Gasteiger partial charge in [0.25, 0.3) is 0 Å². The standard InChI is InChI=1S/C17H21F3N2O/c1-17(2)10-4-3-9(11(17)7-10)8-21-16(23)22-13-6-5-12(18)14(19)15(13)20/h5-6,9-11H,3-4,7-8H2,1-2H3,(H2,21,22,23). The Morgan fingerprint density at radius 2 is 1.96 bits per heavy atom. The van der Waals surface area contributed by atoms with Crippen LogP contribution in [0.4, 0.5) is 23.7 Å². The van der Waals surface area contributed by atoms with Gasteiger partial charge in [0, 0.05) is 6.54 Å². The van der Waals surface area contributed by atoms with Crippen LogP contribution in [0.2, 0.25) is 0 Å². The number of urea groups is 1. The van der Waals surface area contributed by atoms with Gasteiger partial charge in [-0.25, -0.2) is 18.0 Å². The molecule has 3 atom stereocenters. The van der Waals surface area contributed by atoms with Gasteiger partial charge in [0.1, 0.15) is 0 Å². The molecule has 3 aliphatic carbocycles. The van der Waals surface area contributed by atoms with Crippen LogP contribution in [0.5, 0.6) is 0 Å². The zero-order valence-corrected chi connectivity index (χ0v) is 13.3. The summed E-state index contributed by atoms with van der Waals surface area (Å²) in [6, 6.07) is 1.19. The number of fused-ring (bicyclic) bond motifs is 2. The van der Waals surface area contributed by atoms with Crippen molar-refractivity contribution in [2.75, 3.05) is 11.9 Å². The van der Waals surface area contributed by atoms with E-state index >= 15 is 0 Å². The first kappa shape index (κ1) is 16.1. The normalized spacial score (nSPS) is 28.0. The summed E-state index contributed by atoms with van der Waals surface area (Å²) in [5.74, 6) is -2.46. The Hall–Kier alpha value is -1.72. The molecule has 23 heavy (non-hydrogen) atoms. The predicted octanol–water partition coefficient (Wildman–Crippen LogP) is 4.30. The first-order valence-electron chi connectivity index (χ1n) is 7.99. The lowest BCUT2D eigenvalue weighted by Crippen LogP contribution is -2.54. The molecule has 2 amide bonds. The van der Waals surface area contributed by atoms with Crippen molar-refractivity contribution < 1.29 is 18.0 Å². The largest absolute Gasteiger partial charge is 0.338 e. The number of hydrogen-bond donors (Lipinski definition) is 2. The second-order valence-electron chi connectivity index (χ2n) is 7.26. The lowest BCUT2D eigenvalue weighted by atomic mass is 9.45. The fourth-order valence-corrected chi connectivity index (χ4v) is 4.22. The third-order valence-corrected chi connectivity index (χ3v) is 5.81. The highest BCUT2D eigenvalue weighted by molar-refractivity contribution is 5.89. The molecule has 3 fully saturated rings. The van der Waals surface area contributed by atoms with Crippen LogP contribution in [-0.4, -0.2) is 12.6 Å². The van der Waals surface area contributed by atoms with Crippen LogP contribution < -0.4 is 10.6 Å². The average Bonchev–Trinajstić information content (AvgIpc) is 2.53. The molecule has 3 unspecified atom stereocenters. The molecule has 1 aromatic carbocycles. The van der Waals surface area contributed by atoms with E-state index in [-0.39, 0.29) is 5.69 Å². The third-order valence-electron chi connectivity index (χ3n) is 5.81. The van der Waals surface area contributed by atoms with Gasteiger partial charge in [0.2, 0.25) is 0 Å². The second kappa shape index (κ2) is 5.73. The Morgan fingerprint density at radius 1 is 1.22 bits per heavy atom. The molecular formula is C17H21F3N2O. The Labute approximate surface area is 133 Å². The van der Waals surface area contributed by atoms with Crippen LogP contribution >= 0.6 is 0 Å². The summed E-state index contributed by atoms with van der Waals surface area (Å²) in [5, 5.41) is 4.96. The lowest BCUT2D eigenvalue weighted by Gasteiger charge is -2.60. The van der Waals surface area contributed by atoms with Crippen molar-refractivity contribution in [3.63, 3.8) is 0 Å². The van der Waals surface area contributed by atoms with E-state index in [2.05, 4.69) is 24.5 Å². The number of benzene rings is 1. The Bertz CT molecular complexity index is 631. The van der Waals surface area contributed by atoms with E-state index in [9.17, 15) is 18.0 Å². The number of nitrogens with one attached hydrogen (secondary N) is 2. The van der Waals surface area contributed by atoms with Crippen molar-refractivity contribution >= 4 is 11.7 Å². The van der Waals surface area contributed by atoms with Crippen LogP contribution in [0.3, 0.4) is 0 Å². The van der Waals surface area contributed by atoms with Crippen LogP contribution in [0.25, 0.3) is 0 Å². The predicted molar refractivity (Wildman–Crippen MR) is 81.4 cm³/mol. The SMILES string of the molecule is CC1(C)C2CCC(CNC(=O)Nc3ccc(F)c(F)c3F)C1C2. The van der Waals surface area contributed by atoms with Gasteiger partial charge in [-0.15, -0.1) is 0 Å². The summed E-state index contributed by atoms with van der Waals surface area (Å²) < 4.78 is 39.5. The van der Waals surface area contributed by atoms with E-state index in [0.29, 0.717) is 23.8 Å². The van der Waals surface area contributed by atoms with Gasteiger partial charge in [-0.1, -0.05) is 13.8 Å². The zero-order chi connectivity index (χ0) is 16.8. The van der Waals surface area contributed by atoms with Crippen molar-refractivity contribution in [2.24, 2.45) is 23.2 Å². The van der Waals surface area contributed by atoms with E-state index in [1.54, 1.807) is 0 Å². The molecule has 4 rings (SSSR count). The molecule has 6 heteroatoms. The number of carbonyl (C=O) groups excluding carboxylic acids is 1. The Kier molecular flexibility index (Phi) is 4.02. The average molecular weight is 326 g/mol. The summed E-state index contributed by atoms with van der Waals surface area (Å²) in [7, 11) is 0. The van der Waals surface area contributed by atoms with Crippen LogP contribution in [0, 0.1) is 40.6 Å². The van der Waals surface area contributed by atoms with Gasteiger partial charge >= 0.3 is 6.03 Å². The minimum atomic E-state index is -1.59. The number of rotatable bonds is 3. The zero-order valence-electron chi connectivity index (χ0n) is 13.3. The van der Waals surface area contributed by atoms with Gasteiger partial charge in [-0.3, -0.25) is 0 Å². The number of hydrogen-bond acceptors (Lipinski definition) is 1. The molecule has 2 N–H and O–H groups in total. The third kappa shape index (κ3) is 2.79. The maximum Gasteiger partial charge on any atom is 0.319 e. The fourth-order valence-electron chi connectivity index (χ4n) is 4.22. The van der Waals surface area contributed by atoms with E-state index in [4.69, 9.17) is 0 Å². The summed E-state index contributed by atoms with van der Waals surface area (Å²) in [6.45, 7) is 5.06. The van der Waals surface area contributed by atoms with Crippen LogP contribution in [0.1, 0.15) is 33.1 Å². The molecule has 3 aliphatic rings. The number of amides is 2. The molecule has 0 heterocycles. The summed E-state index contributed by atoms with van der Waals surface area (Å²) in [4.78, 5) is 11.9. The summed E-state index contributed by atoms with van der Waals surface area (Å²) in [6.07, 6.45) is 3.46. The second-order valence-corrected chi connectivity index (χ2v) is 7.26. The van der Waals surface area contributed by atoms with Crippen molar-refractivity contribution in [3.8, 4) is 0 Å². The van der Waals surface area contributed by atoms with Gasteiger partial charge in [-0.05, 0) is 54.6 Å². The number of carbonyl (C=O) groups is 1. The first-order chi connectivity index (χ1) is 10.8. The van der Waals surface area contributed by atoms with E-state index < -0.39 is 23.5 Å². The van der Waals surface area contributed by atoms with Crippen molar-refractivity contribution in [3.05, 3.63) is 29.6 Å². The molecule has 0 spiro atoms. The molecule has 0 aromatic heterocycles. The number of anilines is 1. The topological polar surface area (TPSA) is 41.1 Å². The smallest absolute Gasteiger partial charge is 0.319 e. The highest BCUT2D eigenvalue weighted by Gasteiger charge is 2.53. The van der Waals surface area contributed by atoms with Gasteiger partial charge in [-0.2, -0.15) is 0 Å². The Balaban J connectivity index is 1.55. The van der Waals surface area contributed by atoms with Crippen molar-refractivity contribution in [1.82, 2.24) is 5.32 Å². The molecule has 3 nitrogen and oxygen atoms in total. The molecule has 0 radical (unpaired) electrons. The maximum absolute atomic E-state index is 13.5. The van der Waals surface area contributed by atoms with E-state index in [1.165, 1.54) is 12.8 Å². The van der Waals surface area contributed by atoms with Crippen molar-refractivity contribution in [1.29, 1.82) is 0 Å². The van der Waals surface area contributed by atoms with Gasteiger partial charge < -0.3 is 10.6 Å². The van der Waals surface area contributed by atoms with E-state index in [1.807, 2.05) is 0 Å². The molecule has 2 bridgehead atoms. The van der Waals surface area contributed by atoms with Crippen LogP contribution in [-0.2, 0) is 0 Å². The minimum absolute atomic E-state index is 0.327. The molecule has 126 valence electrons. The first-order valence-corrected chi connectivity index (χ1v) is 7.99. The Morgan fingerprint density at radius 3 is 2.61 bits per heavy atom. The number of halogens is 3. The fraction of sp³-hybridized carbons (Fsp3) is 0.588. The molecule has 0 saturated heterocycles. The lowest BCUT2D eigenvalue weighted by molar-refractivity contribution is -0.103. The molecule has 0 aliphatic heterocycles. The van der Waals surface area contributed by atoms with E-state index in [0.717, 1.165) is 24.5 Å². The van der Waals surface area contributed by atoms with Gasteiger partial charge in [0.15, 0.2) is 17.5 Å². The maximum atomic E-state index is 13.5. The van der Waals surface area contributed by atoms with Gasteiger partial charge in [0.05, 0.1) is 5.69 Å². The highest BCUT2D eigenvalue weighted by Crippen LogP contribution is 2.61. The minimum Gasteiger partial charge on any atom is -0.338 e. The summed E-state index contributed by atoms with van der Waals surface area (Å²) in [5.41, 5.74) is -0.0399. The van der Waals surface area contributed by atoms with Crippen molar-refractivity contribution in [2.45, 2.75) is 33.1 Å².